The maximum Gasteiger partial charge on any atom is 0.320 e. The van der Waals surface area contributed by atoms with Crippen molar-refractivity contribution in [1.29, 1.82) is 0 Å². The fourth-order valence-corrected chi connectivity index (χ4v) is 2.76. The Morgan fingerprint density at radius 2 is 1.89 bits per heavy atom. The van der Waals surface area contributed by atoms with Crippen LogP contribution in [0, 0.1) is 11.8 Å². The molecule has 1 atom stereocenters. The number of aliphatic carboxylic acids is 1. The molecule has 5 nitrogen and oxygen atoms in total. The van der Waals surface area contributed by atoms with Gasteiger partial charge in [0.05, 0.1) is 5.92 Å². The van der Waals surface area contributed by atoms with Crippen molar-refractivity contribution in [2.24, 2.45) is 11.8 Å². The SMILES string of the molecule is CCC1CCCN(C(=O)N2CC(C(=O)O)C2)CC1. The molecule has 2 aliphatic heterocycles. The molecule has 1 N–H and O–H groups in total. The van der Waals surface area contributed by atoms with Gasteiger partial charge in [-0.1, -0.05) is 13.3 Å². The molecule has 5 heteroatoms. The van der Waals surface area contributed by atoms with E-state index < -0.39 is 5.97 Å². The first kappa shape index (κ1) is 13.2. The third kappa shape index (κ3) is 2.76. The molecule has 0 spiro atoms. The number of carboxylic acid groups (broad SMARTS) is 1. The lowest BCUT2D eigenvalue weighted by atomic mass is 9.98. The van der Waals surface area contributed by atoms with Gasteiger partial charge in [-0.15, -0.1) is 0 Å². The zero-order chi connectivity index (χ0) is 13.1. The summed E-state index contributed by atoms with van der Waals surface area (Å²) in [4.78, 5) is 26.4. The van der Waals surface area contributed by atoms with E-state index in [1.54, 1.807) is 4.90 Å². The summed E-state index contributed by atoms with van der Waals surface area (Å²) in [5, 5.41) is 8.80. The van der Waals surface area contributed by atoms with Crippen LogP contribution >= 0.6 is 0 Å². The minimum Gasteiger partial charge on any atom is -0.481 e. The Morgan fingerprint density at radius 1 is 1.17 bits per heavy atom. The molecule has 0 saturated carbocycles. The van der Waals surface area contributed by atoms with Crippen molar-refractivity contribution in [2.45, 2.75) is 32.6 Å². The van der Waals surface area contributed by atoms with Crippen molar-refractivity contribution in [3.05, 3.63) is 0 Å². The summed E-state index contributed by atoms with van der Waals surface area (Å²) in [5.74, 6) is -0.406. The number of likely N-dealkylation sites (tertiary alicyclic amines) is 2. The van der Waals surface area contributed by atoms with Crippen molar-refractivity contribution in [1.82, 2.24) is 9.80 Å². The van der Waals surface area contributed by atoms with Crippen molar-refractivity contribution < 1.29 is 14.7 Å². The zero-order valence-corrected chi connectivity index (χ0v) is 11.0. The molecule has 1 unspecified atom stereocenters. The molecule has 0 aliphatic carbocycles. The second-order valence-corrected chi connectivity index (χ2v) is 5.41. The normalized spacial score (nSPS) is 25.5. The topological polar surface area (TPSA) is 60.9 Å². The summed E-state index contributed by atoms with van der Waals surface area (Å²) in [6.45, 7) is 4.61. The smallest absolute Gasteiger partial charge is 0.320 e. The lowest BCUT2D eigenvalue weighted by molar-refractivity contribution is -0.146. The molecular formula is C13H22N2O3. The Kier molecular flexibility index (Phi) is 4.09. The van der Waals surface area contributed by atoms with Crippen molar-refractivity contribution in [2.75, 3.05) is 26.2 Å². The Bertz CT molecular complexity index is 326. The third-order valence-electron chi connectivity index (χ3n) is 4.20. The predicted molar refractivity (Wildman–Crippen MR) is 67.3 cm³/mol. The van der Waals surface area contributed by atoms with Crippen LogP contribution in [0.25, 0.3) is 0 Å². The number of carbonyl (C=O) groups is 2. The van der Waals surface area contributed by atoms with E-state index in [0.717, 1.165) is 31.8 Å². The van der Waals surface area contributed by atoms with Crippen LogP contribution in [0.15, 0.2) is 0 Å². The van der Waals surface area contributed by atoms with Gasteiger partial charge in [-0.05, 0) is 25.2 Å². The number of rotatable bonds is 2. The highest BCUT2D eigenvalue weighted by Crippen LogP contribution is 2.23. The Morgan fingerprint density at radius 3 is 2.50 bits per heavy atom. The molecule has 102 valence electrons. The Labute approximate surface area is 108 Å². The van der Waals surface area contributed by atoms with E-state index in [-0.39, 0.29) is 11.9 Å². The van der Waals surface area contributed by atoms with E-state index in [1.807, 2.05) is 4.90 Å². The first-order valence-electron chi connectivity index (χ1n) is 6.88. The van der Waals surface area contributed by atoms with Gasteiger partial charge in [0.15, 0.2) is 0 Å². The molecule has 2 heterocycles. The van der Waals surface area contributed by atoms with Gasteiger partial charge in [0.1, 0.15) is 0 Å². The van der Waals surface area contributed by atoms with Crippen LogP contribution < -0.4 is 0 Å². The number of nitrogens with zero attached hydrogens (tertiary/aromatic N) is 2. The number of carboxylic acids is 1. The summed E-state index contributed by atoms with van der Waals surface area (Å²) in [5.41, 5.74) is 0. The van der Waals surface area contributed by atoms with Gasteiger partial charge in [0.2, 0.25) is 0 Å². The molecule has 18 heavy (non-hydrogen) atoms. The molecule has 0 aromatic carbocycles. The Hall–Kier alpha value is -1.26. The van der Waals surface area contributed by atoms with E-state index >= 15 is 0 Å². The van der Waals surface area contributed by atoms with Gasteiger partial charge in [-0.3, -0.25) is 4.79 Å². The van der Waals surface area contributed by atoms with Crippen LogP contribution in [0.2, 0.25) is 0 Å². The minimum atomic E-state index is -0.791. The van der Waals surface area contributed by atoms with E-state index in [1.165, 1.54) is 12.8 Å². The minimum absolute atomic E-state index is 0.0317. The largest absolute Gasteiger partial charge is 0.481 e. The standard InChI is InChI=1S/C13H22N2O3/c1-2-10-4-3-6-14(7-5-10)13(18)15-8-11(9-15)12(16)17/h10-11H,2-9H2,1H3,(H,16,17). The summed E-state index contributed by atoms with van der Waals surface area (Å²) in [6, 6.07) is 0.0317. The van der Waals surface area contributed by atoms with E-state index in [2.05, 4.69) is 6.92 Å². The average molecular weight is 254 g/mol. The zero-order valence-electron chi connectivity index (χ0n) is 11.0. The van der Waals surface area contributed by atoms with Crippen molar-refractivity contribution in [3.63, 3.8) is 0 Å². The lowest BCUT2D eigenvalue weighted by Gasteiger charge is -2.39. The fourth-order valence-electron chi connectivity index (χ4n) is 2.76. The average Bonchev–Trinajstić information content (AvgIpc) is 2.51. The quantitative estimate of drug-likeness (QED) is 0.814. The molecular weight excluding hydrogens is 232 g/mol. The summed E-state index contributed by atoms with van der Waals surface area (Å²) in [6.07, 6.45) is 4.55. The van der Waals surface area contributed by atoms with Crippen LogP contribution in [0.3, 0.4) is 0 Å². The lowest BCUT2D eigenvalue weighted by Crippen LogP contribution is -2.57. The molecule has 2 amide bonds. The molecule has 0 radical (unpaired) electrons. The second-order valence-electron chi connectivity index (χ2n) is 5.41. The molecule has 0 bridgehead atoms. The molecule has 2 fully saturated rings. The first-order valence-corrected chi connectivity index (χ1v) is 6.88. The highest BCUT2D eigenvalue weighted by Gasteiger charge is 2.37. The van der Waals surface area contributed by atoms with Crippen LogP contribution in [-0.4, -0.2) is 53.1 Å². The fraction of sp³-hybridized carbons (Fsp3) is 0.846. The second kappa shape index (κ2) is 5.59. The summed E-state index contributed by atoms with van der Waals surface area (Å²) >= 11 is 0. The number of hydrogen-bond acceptors (Lipinski definition) is 2. The van der Waals surface area contributed by atoms with Crippen LogP contribution in [0.1, 0.15) is 32.6 Å². The first-order chi connectivity index (χ1) is 8.61. The third-order valence-corrected chi connectivity index (χ3v) is 4.20. The number of carbonyl (C=O) groups excluding carboxylic acids is 1. The molecule has 2 rings (SSSR count). The Balaban J connectivity index is 1.81. The van der Waals surface area contributed by atoms with Crippen LogP contribution in [-0.2, 0) is 4.79 Å². The van der Waals surface area contributed by atoms with Crippen molar-refractivity contribution in [3.8, 4) is 0 Å². The number of urea groups is 1. The van der Waals surface area contributed by atoms with Gasteiger partial charge >= 0.3 is 12.0 Å². The van der Waals surface area contributed by atoms with Gasteiger partial charge in [-0.25, -0.2) is 4.79 Å². The highest BCUT2D eigenvalue weighted by molar-refractivity contribution is 5.79. The number of amides is 2. The van der Waals surface area contributed by atoms with Gasteiger partial charge in [0.25, 0.3) is 0 Å². The summed E-state index contributed by atoms with van der Waals surface area (Å²) < 4.78 is 0. The van der Waals surface area contributed by atoms with E-state index in [0.29, 0.717) is 13.1 Å². The number of hydrogen-bond donors (Lipinski definition) is 1. The highest BCUT2D eigenvalue weighted by atomic mass is 16.4. The maximum atomic E-state index is 12.2. The van der Waals surface area contributed by atoms with E-state index in [4.69, 9.17) is 5.11 Å². The molecule has 0 aromatic rings. The van der Waals surface area contributed by atoms with Crippen LogP contribution in [0.5, 0.6) is 0 Å². The van der Waals surface area contributed by atoms with E-state index in [9.17, 15) is 9.59 Å². The predicted octanol–water partition coefficient (Wildman–Crippen LogP) is 1.63. The van der Waals surface area contributed by atoms with Gasteiger partial charge in [0, 0.05) is 26.2 Å². The van der Waals surface area contributed by atoms with Crippen LogP contribution in [0.4, 0.5) is 4.79 Å². The maximum absolute atomic E-state index is 12.2. The molecule has 2 aliphatic rings. The van der Waals surface area contributed by atoms with Gasteiger partial charge < -0.3 is 14.9 Å². The van der Waals surface area contributed by atoms with Crippen molar-refractivity contribution >= 4 is 12.0 Å². The van der Waals surface area contributed by atoms with Gasteiger partial charge in [-0.2, -0.15) is 0 Å². The summed E-state index contributed by atoms with van der Waals surface area (Å²) in [7, 11) is 0. The monoisotopic (exact) mass is 254 g/mol. The molecule has 2 saturated heterocycles. The molecule has 0 aromatic heterocycles.